The van der Waals surface area contributed by atoms with Gasteiger partial charge in [0.2, 0.25) is 0 Å². The average Bonchev–Trinajstić information content (AvgIpc) is 3.24. The van der Waals surface area contributed by atoms with Crippen molar-refractivity contribution in [3.8, 4) is 0 Å². The second-order valence-electron chi connectivity index (χ2n) is 5.99. The number of carbonyl (C=O) groups is 1. The lowest BCUT2D eigenvalue weighted by molar-refractivity contribution is 0.0676. The van der Waals surface area contributed by atoms with Gasteiger partial charge in [0.05, 0.1) is 11.7 Å². The van der Waals surface area contributed by atoms with Crippen LogP contribution in [0.15, 0.2) is 12.7 Å². The van der Waals surface area contributed by atoms with Gasteiger partial charge < -0.3 is 9.64 Å². The molecule has 1 aliphatic heterocycles. The van der Waals surface area contributed by atoms with Crippen LogP contribution in [0.4, 0.5) is 0 Å². The first-order valence-electron chi connectivity index (χ1n) is 8.32. The molecule has 2 aromatic heterocycles. The SMILES string of the molecule is CCO[C@H](C)c1nc(C)c(C(=O)N2CCC[C@H](n3cncn3)C2)s1. The number of piperidine rings is 1. The van der Waals surface area contributed by atoms with E-state index in [1.807, 2.05) is 30.4 Å². The number of hydrogen-bond acceptors (Lipinski definition) is 6. The van der Waals surface area contributed by atoms with Crippen molar-refractivity contribution < 1.29 is 9.53 Å². The topological polar surface area (TPSA) is 73.1 Å². The molecule has 0 N–H and O–H groups in total. The van der Waals surface area contributed by atoms with Crippen molar-refractivity contribution >= 4 is 17.2 Å². The van der Waals surface area contributed by atoms with Gasteiger partial charge in [-0.1, -0.05) is 0 Å². The molecule has 0 bridgehead atoms. The Balaban J connectivity index is 1.74. The highest BCUT2D eigenvalue weighted by Crippen LogP contribution is 2.29. The van der Waals surface area contributed by atoms with E-state index in [4.69, 9.17) is 4.74 Å². The molecule has 3 rings (SSSR count). The van der Waals surface area contributed by atoms with E-state index in [9.17, 15) is 4.79 Å². The van der Waals surface area contributed by atoms with Crippen molar-refractivity contribution in [2.45, 2.75) is 45.8 Å². The fourth-order valence-electron chi connectivity index (χ4n) is 3.02. The summed E-state index contributed by atoms with van der Waals surface area (Å²) < 4.78 is 7.44. The molecule has 0 unspecified atom stereocenters. The largest absolute Gasteiger partial charge is 0.372 e. The van der Waals surface area contributed by atoms with Crippen LogP contribution in [0.3, 0.4) is 0 Å². The molecule has 1 aliphatic rings. The van der Waals surface area contributed by atoms with Crippen LogP contribution < -0.4 is 0 Å². The highest BCUT2D eigenvalue weighted by Gasteiger charge is 2.28. The third-order valence-corrected chi connectivity index (χ3v) is 5.57. The maximum absolute atomic E-state index is 12.9. The molecule has 7 nitrogen and oxygen atoms in total. The van der Waals surface area contributed by atoms with Crippen molar-refractivity contribution in [2.24, 2.45) is 0 Å². The summed E-state index contributed by atoms with van der Waals surface area (Å²) in [7, 11) is 0. The predicted molar refractivity (Wildman–Crippen MR) is 91.1 cm³/mol. The summed E-state index contributed by atoms with van der Waals surface area (Å²) in [5.74, 6) is 0.0600. The molecule has 1 saturated heterocycles. The van der Waals surface area contributed by atoms with E-state index in [0.29, 0.717) is 13.2 Å². The van der Waals surface area contributed by atoms with Crippen molar-refractivity contribution in [1.82, 2.24) is 24.6 Å². The second-order valence-corrected chi connectivity index (χ2v) is 7.02. The molecule has 1 amide bonds. The maximum atomic E-state index is 12.9. The zero-order chi connectivity index (χ0) is 17.1. The zero-order valence-corrected chi connectivity index (χ0v) is 15.1. The molecule has 24 heavy (non-hydrogen) atoms. The fraction of sp³-hybridized carbons (Fsp3) is 0.625. The maximum Gasteiger partial charge on any atom is 0.265 e. The Hall–Kier alpha value is -1.80. The van der Waals surface area contributed by atoms with E-state index in [2.05, 4.69) is 15.1 Å². The van der Waals surface area contributed by atoms with Crippen LogP contribution in [-0.2, 0) is 4.74 Å². The second kappa shape index (κ2) is 7.40. The van der Waals surface area contributed by atoms with Crippen LogP contribution in [0.2, 0.25) is 0 Å². The fourth-order valence-corrected chi connectivity index (χ4v) is 4.05. The van der Waals surface area contributed by atoms with Gasteiger partial charge in [-0.15, -0.1) is 11.3 Å². The van der Waals surface area contributed by atoms with Crippen molar-refractivity contribution in [1.29, 1.82) is 0 Å². The molecule has 0 aromatic carbocycles. The number of aromatic nitrogens is 4. The number of thiazole rings is 1. The molecule has 3 heterocycles. The molecule has 0 saturated carbocycles. The number of aryl methyl sites for hydroxylation is 1. The average molecular weight is 349 g/mol. The summed E-state index contributed by atoms with van der Waals surface area (Å²) in [6, 6.07) is 0.195. The Morgan fingerprint density at radius 1 is 1.54 bits per heavy atom. The van der Waals surface area contributed by atoms with E-state index in [1.165, 1.54) is 17.7 Å². The summed E-state index contributed by atoms with van der Waals surface area (Å²) in [6.45, 7) is 7.89. The molecular weight excluding hydrogens is 326 g/mol. The summed E-state index contributed by atoms with van der Waals surface area (Å²) in [5.41, 5.74) is 0.787. The number of hydrogen-bond donors (Lipinski definition) is 0. The monoisotopic (exact) mass is 349 g/mol. The molecule has 2 aromatic rings. The number of carbonyl (C=O) groups excluding carboxylic acids is 1. The van der Waals surface area contributed by atoms with Crippen LogP contribution in [0.1, 0.15) is 59.2 Å². The highest BCUT2D eigenvalue weighted by molar-refractivity contribution is 7.13. The number of nitrogens with zero attached hydrogens (tertiary/aromatic N) is 5. The van der Waals surface area contributed by atoms with Gasteiger partial charge in [-0.05, 0) is 33.6 Å². The van der Waals surface area contributed by atoms with Crippen molar-refractivity contribution in [3.05, 3.63) is 28.2 Å². The van der Waals surface area contributed by atoms with Crippen LogP contribution in [0.5, 0.6) is 0 Å². The highest BCUT2D eigenvalue weighted by atomic mass is 32.1. The minimum atomic E-state index is -0.0792. The Morgan fingerprint density at radius 3 is 3.08 bits per heavy atom. The Morgan fingerprint density at radius 2 is 2.38 bits per heavy atom. The van der Waals surface area contributed by atoms with E-state index >= 15 is 0 Å². The zero-order valence-electron chi connectivity index (χ0n) is 14.3. The van der Waals surface area contributed by atoms with Crippen molar-refractivity contribution in [2.75, 3.05) is 19.7 Å². The van der Waals surface area contributed by atoms with E-state index in [0.717, 1.165) is 35.0 Å². The van der Waals surface area contributed by atoms with E-state index in [1.54, 1.807) is 6.33 Å². The first-order valence-corrected chi connectivity index (χ1v) is 9.14. The summed E-state index contributed by atoms with van der Waals surface area (Å²) in [5, 5.41) is 5.08. The van der Waals surface area contributed by atoms with Gasteiger partial charge in [0.1, 0.15) is 28.6 Å². The summed E-state index contributed by atoms with van der Waals surface area (Å²) in [6.07, 6.45) is 5.16. The number of rotatable bonds is 5. The molecule has 8 heteroatoms. The number of amides is 1. The normalized spacial score (nSPS) is 19.5. The molecule has 130 valence electrons. The van der Waals surface area contributed by atoms with E-state index < -0.39 is 0 Å². The molecular formula is C16H23N5O2S. The predicted octanol–water partition coefficient (Wildman–Crippen LogP) is 2.62. The van der Waals surface area contributed by atoms with Gasteiger partial charge in [0.25, 0.3) is 5.91 Å². The lowest BCUT2D eigenvalue weighted by Crippen LogP contribution is -2.40. The smallest absolute Gasteiger partial charge is 0.265 e. The third-order valence-electron chi connectivity index (χ3n) is 4.27. The first kappa shape index (κ1) is 17.0. The Kier molecular flexibility index (Phi) is 5.25. The Bertz CT molecular complexity index is 685. The Labute approximate surface area is 145 Å². The first-order chi connectivity index (χ1) is 11.6. The van der Waals surface area contributed by atoms with Crippen LogP contribution in [-0.4, -0.2) is 50.3 Å². The van der Waals surface area contributed by atoms with Gasteiger partial charge in [0, 0.05) is 19.7 Å². The number of likely N-dealkylation sites (tertiary alicyclic amines) is 1. The van der Waals surface area contributed by atoms with Crippen molar-refractivity contribution in [3.63, 3.8) is 0 Å². The third kappa shape index (κ3) is 3.49. The molecule has 0 radical (unpaired) electrons. The summed E-state index contributed by atoms with van der Waals surface area (Å²) in [4.78, 5) is 24.1. The lowest BCUT2D eigenvalue weighted by Gasteiger charge is -2.32. The van der Waals surface area contributed by atoms with Crippen LogP contribution in [0.25, 0.3) is 0 Å². The van der Waals surface area contributed by atoms with Crippen LogP contribution in [0, 0.1) is 6.92 Å². The minimum Gasteiger partial charge on any atom is -0.372 e. The summed E-state index contributed by atoms with van der Waals surface area (Å²) >= 11 is 1.45. The standard InChI is InChI=1S/C16H23N5O2S/c1-4-23-12(3)15-19-11(2)14(24-15)16(22)20-7-5-6-13(8-20)21-10-17-9-18-21/h9-10,12-13H,4-8H2,1-3H3/t12-,13+/m1/s1. The van der Waals surface area contributed by atoms with Gasteiger partial charge in [-0.3, -0.25) is 4.79 Å². The molecule has 0 spiro atoms. The number of ether oxygens (including phenoxy) is 1. The van der Waals surface area contributed by atoms with Crippen LogP contribution >= 0.6 is 11.3 Å². The molecule has 1 fully saturated rings. The molecule has 0 aliphatic carbocycles. The van der Waals surface area contributed by atoms with E-state index in [-0.39, 0.29) is 18.1 Å². The minimum absolute atomic E-state index is 0.0600. The van der Waals surface area contributed by atoms with Gasteiger partial charge in [-0.25, -0.2) is 14.6 Å². The van der Waals surface area contributed by atoms with Gasteiger partial charge in [0.15, 0.2) is 0 Å². The van der Waals surface area contributed by atoms with Gasteiger partial charge >= 0.3 is 0 Å². The van der Waals surface area contributed by atoms with Gasteiger partial charge in [-0.2, -0.15) is 5.10 Å². The lowest BCUT2D eigenvalue weighted by atomic mass is 10.1. The quantitative estimate of drug-likeness (QED) is 0.829. The molecule has 2 atom stereocenters.